The van der Waals surface area contributed by atoms with Crippen molar-refractivity contribution < 1.29 is 4.79 Å². The molecule has 0 atom stereocenters. The van der Waals surface area contributed by atoms with Crippen LogP contribution in [0.5, 0.6) is 0 Å². The Morgan fingerprint density at radius 2 is 2.19 bits per heavy atom. The van der Waals surface area contributed by atoms with Crippen molar-refractivity contribution in [2.45, 2.75) is 38.5 Å². The fourth-order valence-electron chi connectivity index (χ4n) is 2.16. The molecule has 1 aromatic rings. The van der Waals surface area contributed by atoms with Gasteiger partial charge < -0.3 is 0 Å². The van der Waals surface area contributed by atoms with Gasteiger partial charge in [-0.05, 0) is 37.8 Å². The van der Waals surface area contributed by atoms with Gasteiger partial charge in [-0.15, -0.1) is 0 Å². The van der Waals surface area contributed by atoms with Crippen molar-refractivity contribution >= 4 is 5.78 Å². The number of rotatable bonds is 3. The van der Waals surface area contributed by atoms with Gasteiger partial charge in [0.05, 0.1) is 12.1 Å². The Kier molecular flexibility index (Phi) is 3.54. The lowest BCUT2D eigenvalue weighted by molar-refractivity contribution is -0.114. The summed E-state index contributed by atoms with van der Waals surface area (Å²) in [7, 11) is 1.87. The molecule has 0 aromatic carbocycles. The Labute approximate surface area is 96.2 Å². The molecule has 0 spiro atoms. The minimum Gasteiger partial charge on any atom is -0.294 e. The molecule has 1 fully saturated rings. The number of hydrogen-bond acceptors (Lipinski definition) is 2. The standard InChI is InChI=1S/C13H18N2O/c1-15-8-7-12(14-15)10-13(16)9-11-5-3-2-4-6-11/h7-9H,2-6,10H2,1H3. The average Bonchev–Trinajstić information content (AvgIpc) is 2.65. The highest BCUT2D eigenvalue weighted by Crippen LogP contribution is 2.22. The molecule has 2 rings (SSSR count). The maximum absolute atomic E-state index is 11.8. The first-order valence-electron chi connectivity index (χ1n) is 5.95. The summed E-state index contributed by atoms with van der Waals surface area (Å²) in [6.07, 6.45) is 10.1. The molecule has 0 amide bonds. The third-order valence-corrected chi connectivity index (χ3v) is 2.99. The molecule has 3 heteroatoms. The predicted molar refractivity (Wildman–Crippen MR) is 63.1 cm³/mol. The maximum atomic E-state index is 11.8. The van der Waals surface area contributed by atoms with Gasteiger partial charge in [0.1, 0.15) is 0 Å². The fraction of sp³-hybridized carbons (Fsp3) is 0.538. The summed E-state index contributed by atoms with van der Waals surface area (Å²) in [5, 5.41) is 4.21. The van der Waals surface area contributed by atoms with E-state index in [1.807, 2.05) is 25.4 Å². The molecule has 0 unspecified atom stereocenters. The van der Waals surface area contributed by atoms with Gasteiger partial charge in [0.15, 0.2) is 5.78 Å². The van der Waals surface area contributed by atoms with E-state index in [1.165, 1.54) is 24.8 Å². The second-order valence-corrected chi connectivity index (χ2v) is 4.49. The Morgan fingerprint density at radius 1 is 1.44 bits per heavy atom. The highest BCUT2D eigenvalue weighted by molar-refractivity contribution is 5.91. The van der Waals surface area contributed by atoms with Gasteiger partial charge in [0.25, 0.3) is 0 Å². The summed E-state index contributed by atoms with van der Waals surface area (Å²) < 4.78 is 1.73. The van der Waals surface area contributed by atoms with Crippen LogP contribution in [0.15, 0.2) is 23.9 Å². The number of nitrogens with zero attached hydrogens (tertiary/aromatic N) is 2. The molecule has 86 valence electrons. The minimum atomic E-state index is 0.190. The lowest BCUT2D eigenvalue weighted by atomic mass is 9.93. The zero-order valence-electron chi connectivity index (χ0n) is 9.78. The molecule has 1 aliphatic carbocycles. The molecule has 0 bridgehead atoms. The van der Waals surface area contributed by atoms with Crippen LogP contribution in [0.1, 0.15) is 37.8 Å². The van der Waals surface area contributed by atoms with E-state index >= 15 is 0 Å². The third kappa shape index (κ3) is 3.05. The van der Waals surface area contributed by atoms with E-state index in [-0.39, 0.29) is 5.78 Å². The molecule has 1 aromatic heterocycles. The number of carbonyl (C=O) groups is 1. The van der Waals surface area contributed by atoms with E-state index in [2.05, 4.69) is 5.10 Å². The zero-order chi connectivity index (χ0) is 11.4. The van der Waals surface area contributed by atoms with Crippen LogP contribution < -0.4 is 0 Å². The Bertz CT molecular complexity index is 396. The number of aromatic nitrogens is 2. The number of aryl methyl sites for hydroxylation is 1. The number of carbonyl (C=O) groups excluding carboxylic acids is 1. The SMILES string of the molecule is Cn1ccc(CC(=O)C=C2CCCCC2)n1. The second kappa shape index (κ2) is 5.10. The fourth-order valence-corrected chi connectivity index (χ4v) is 2.16. The normalized spacial score (nSPS) is 16.2. The first-order chi connectivity index (χ1) is 7.74. The number of allylic oxidation sites excluding steroid dienone is 2. The first-order valence-corrected chi connectivity index (χ1v) is 5.95. The monoisotopic (exact) mass is 218 g/mol. The molecule has 0 N–H and O–H groups in total. The van der Waals surface area contributed by atoms with Gasteiger partial charge in [0, 0.05) is 13.2 Å². The molecule has 0 saturated heterocycles. The highest BCUT2D eigenvalue weighted by Gasteiger charge is 2.08. The van der Waals surface area contributed by atoms with Gasteiger partial charge in [-0.1, -0.05) is 12.0 Å². The van der Waals surface area contributed by atoms with Crippen LogP contribution in [0.2, 0.25) is 0 Å². The molecule has 1 heterocycles. The van der Waals surface area contributed by atoms with E-state index in [1.54, 1.807) is 4.68 Å². The van der Waals surface area contributed by atoms with E-state index < -0.39 is 0 Å². The Balaban J connectivity index is 1.92. The van der Waals surface area contributed by atoms with Crippen molar-refractivity contribution in [1.82, 2.24) is 9.78 Å². The van der Waals surface area contributed by atoms with Crippen molar-refractivity contribution in [2.24, 2.45) is 7.05 Å². The molecular formula is C13H18N2O. The van der Waals surface area contributed by atoms with E-state index in [4.69, 9.17) is 0 Å². The predicted octanol–water partition coefficient (Wildman–Crippen LogP) is 2.42. The molecule has 16 heavy (non-hydrogen) atoms. The number of hydrogen-bond donors (Lipinski definition) is 0. The molecule has 0 radical (unpaired) electrons. The Hall–Kier alpha value is -1.38. The van der Waals surface area contributed by atoms with E-state index in [0.717, 1.165) is 18.5 Å². The lowest BCUT2D eigenvalue weighted by Gasteiger charge is -2.12. The van der Waals surface area contributed by atoms with Crippen LogP contribution in [0.3, 0.4) is 0 Å². The van der Waals surface area contributed by atoms with Crippen molar-refractivity contribution in [3.05, 3.63) is 29.6 Å². The quantitative estimate of drug-likeness (QED) is 0.730. The highest BCUT2D eigenvalue weighted by atomic mass is 16.1. The topological polar surface area (TPSA) is 34.9 Å². The lowest BCUT2D eigenvalue weighted by Crippen LogP contribution is -2.03. The van der Waals surface area contributed by atoms with Gasteiger partial charge in [-0.3, -0.25) is 9.48 Å². The summed E-state index contributed by atoms with van der Waals surface area (Å²) in [4.78, 5) is 11.8. The van der Waals surface area contributed by atoms with Crippen LogP contribution in [0.25, 0.3) is 0 Å². The summed E-state index contributed by atoms with van der Waals surface area (Å²) in [6.45, 7) is 0. The van der Waals surface area contributed by atoms with Crippen LogP contribution >= 0.6 is 0 Å². The molecule has 1 saturated carbocycles. The maximum Gasteiger partial charge on any atom is 0.161 e. The zero-order valence-corrected chi connectivity index (χ0v) is 9.78. The minimum absolute atomic E-state index is 0.190. The molecule has 0 aliphatic heterocycles. The summed E-state index contributed by atoms with van der Waals surface area (Å²) in [5.74, 6) is 0.190. The smallest absolute Gasteiger partial charge is 0.161 e. The third-order valence-electron chi connectivity index (χ3n) is 2.99. The second-order valence-electron chi connectivity index (χ2n) is 4.49. The van der Waals surface area contributed by atoms with Crippen molar-refractivity contribution in [3.63, 3.8) is 0 Å². The van der Waals surface area contributed by atoms with E-state index in [9.17, 15) is 4.79 Å². The van der Waals surface area contributed by atoms with Gasteiger partial charge in [0.2, 0.25) is 0 Å². The largest absolute Gasteiger partial charge is 0.294 e. The summed E-state index contributed by atoms with van der Waals surface area (Å²) >= 11 is 0. The van der Waals surface area contributed by atoms with E-state index in [0.29, 0.717) is 6.42 Å². The molecule has 3 nitrogen and oxygen atoms in total. The summed E-state index contributed by atoms with van der Waals surface area (Å²) in [5.41, 5.74) is 2.19. The molecule has 1 aliphatic rings. The van der Waals surface area contributed by atoms with Crippen molar-refractivity contribution in [2.75, 3.05) is 0 Å². The van der Waals surface area contributed by atoms with Gasteiger partial charge >= 0.3 is 0 Å². The van der Waals surface area contributed by atoms with Crippen molar-refractivity contribution in [1.29, 1.82) is 0 Å². The first kappa shape index (κ1) is 11.1. The van der Waals surface area contributed by atoms with Crippen LogP contribution in [-0.2, 0) is 18.3 Å². The van der Waals surface area contributed by atoms with Crippen LogP contribution in [-0.4, -0.2) is 15.6 Å². The van der Waals surface area contributed by atoms with Crippen molar-refractivity contribution in [3.8, 4) is 0 Å². The molecular weight excluding hydrogens is 200 g/mol. The summed E-state index contributed by atoms with van der Waals surface area (Å²) in [6, 6.07) is 1.90. The average molecular weight is 218 g/mol. The van der Waals surface area contributed by atoms with Gasteiger partial charge in [-0.2, -0.15) is 5.10 Å². The van der Waals surface area contributed by atoms with Gasteiger partial charge in [-0.25, -0.2) is 0 Å². The van der Waals surface area contributed by atoms with Crippen LogP contribution in [0, 0.1) is 0 Å². The Morgan fingerprint density at radius 3 is 2.81 bits per heavy atom. The van der Waals surface area contributed by atoms with Crippen LogP contribution in [0.4, 0.5) is 0 Å². The number of ketones is 1.